The molecule has 2 nitrogen and oxygen atoms in total. The lowest BCUT2D eigenvalue weighted by molar-refractivity contribution is 0.399. The highest BCUT2D eigenvalue weighted by molar-refractivity contribution is 5.94. The number of hydrogen-bond donors (Lipinski definition) is 1. The summed E-state index contributed by atoms with van der Waals surface area (Å²) in [5.74, 6) is 1.15. The molecule has 2 aromatic carbocycles. The predicted octanol–water partition coefficient (Wildman–Crippen LogP) is 3.42. The first kappa shape index (κ1) is 10.8. The zero-order valence-corrected chi connectivity index (χ0v) is 9.87. The van der Waals surface area contributed by atoms with Gasteiger partial charge in [0.05, 0.1) is 7.11 Å². The summed E-state index contributed by atoms with van der Waals surface area (Å²) in [5.41, 5.74) is 1.98. The lowest BCUT2D eigenvalue weighted by Gasteiger charge is -2.15. The van der Waals surface area contributed by atoms with E-state index in [9.17, 15) is 5.11 Å². The van der Waals surface area contributed by atoms with Gasteiger partial charge < -0.3 is 9.84 Å². The summed E-state index contributed by atoms with van der Waals surface area (Å²) in [4.78, 5) is 0. The van der Waals surface area contributed by atoms with Gasteiger partial charge in [-0.2, -0.15) is 0 Å². The van der Waals surface area contributed by atoms with Crippen LogP contribution in [0.4, 0.5) is 0 Å². The Kier molecular flexibility index (Phi) is 2.73. The highest BCUT2D eigenvalue weighted by Crippen LogP contribution is 2.39. The van der Waals surface area contributed by atoms with Crippen LogP contribution in [0.25, 0.3) is 10.8 Å². The van der Waals surface area contributed by atoms with E-state index < -0.39 is 0 Å². The minimum Gasteiger partial charge on any atom is -0.507 e. The molecule has 1 N–H and O–H groups in total. The third kappa shape index (κ3) is 1.42. The molecule has 0 aliphatic carbocycles. The smallest absolute Gasteiger partial charge is 0.130 e. The van der Waals surface area contributed by atoms with Crippen molar-refractivity contribution < 1.29 is 9.84 Å². The lowest BCUT2D eigenvalue weighted by atomic mass is 9.97. The van der Waals surface area contributed by atoms with Crippen molar-refractivity contribution in [3.05, 3.63) is 35.4 Å². The van der Waals surface area contributed by atoms with Crippen LogP contribution in [0.3, 0.4) is 0 Å². The van der Waals surface area contributed by atoms with Crippen LogP contribution >= 0.6 is 0 Å². The van der Waals surface area contributed by atoms with Crippen molar-refractivity contribution in [1.82, 2.24) is 0 Å². The second kappa shape index (κ2) is 4.05. The first-order valence-corrected chi connectivity index (χ1v) is 5.47. The summed E-state index contributed by atoms with van der Waals surface area (Å²) >= 11 is 0. The maximum atomic E-state index is 10.2. The Morgan fingerprint density at radius 1 is 1.19 bits per heavy atom. The molecule has 0 bridgehead atoms. The van der Waals surface area contributed by atoms with E-state index in [2.05, 4.69) is 0 Å². The van der Waals surface area contributed by atoms with Crippen LogP contribution in [0.15, 0.2) is 24.3 Å². The zero-order chi connectivity index (χ0) is 11.7. The number of phenolic OH excluding ortho intramolecular Hbond substituents is 1. The van der Waals surface area contributed by atoms with E-state index in [1.165, 1.54) is 0 Å². The van der Waals surface area contributed by atoms with Crippen LogP contribution in [0, 0.1) is 6.92 Å². The normalized spacial score (nSPS) is 10.7. The molecule has 2 rings (SSSR count). The van der Waals surface area contributed by atoms with Gasteiger partial charge in [0.15, 0.2) is 0 Å². The first-order valence-electron chi connectivity index (χ1n) is 5.47. The van der Waals surface area contributed by atoms with Crippen molar-refractivity contribution >= 4 is 10.8 Å². The second-order valence-electron chi connectivity index (χ2n) is 3.88. The Hall–Kier alpha value is -1.70. The highest BCUT2D eigenvalue weighted by Gasteiger charge is 2.15. The van der Waals surface area contributed by atoms with E-state index in [1.807, 2.05) is 38.1 Å². The minimum absolute atomic E-state index is 0.348. The van der Waals surface area contributed by atoms with Gasteiger partial charge in [0.1, 0.15) is 11.5 Å². The molecule has 0 aliphatic rings. The van der Waals surface area contributed by atoms with Crippen molar-refractivity contribution in [2.45, 2.75) is 20.3 Å². The molecule has 0 aliphatic heterocycles. The van der Waals surface area contributed by atoms with Crippen LogP contribution in [-0.2, 0) is 6.42 Å². The Morgan fingerprint density at radius 2 is 1.81 bits per heavy atom. The van der Waals surface area contributed by atoms with Crippen LogP contribution in [-0.4, -0.2) is 12.2 Å². The topological polar surface area (TPSA) is 29.5 Å². The van der Waals surface area contributed by atoms with Crippen molar-refractivity contribution in [3.63, 3.8) is 0 Å². The quantitative estimate of drug-likeness (QED) is 0.833. The SMILES string of the molecule is CCc1c(OC)c(C)c2ccccc2c1O. The number of fused-ring (bicyclic) bond motifs is 1. The molecule has 0 unspecified atom stereocenters. The minimum atomic E-state index is 0.348. The maximum Gasteiger partial charge on any atom is 0.130 e. The predicted molar refractivity (Wildman–Crippen MR) is 66.3 cm³/mol. The summed E-state index contributed by atoms with van der Waals surface area (Å²) < 4.78 is 5.40. The third-order valence-corrected chi connectivity index (χ3v) is 3.04. The fourth-order valence-corrected chi connectivity index (χ4v) is 2.24. The number of phenols is 1. The molecule has 2 heteroatoms. The number of hydrogen-bond acceptors (Lipinski definition) is 2. The molecule has 0 spiro atoms. The van der Waals surface area contributed by atoms with E-state index >= 15 is 0 Å². The largest absolute Gasteiger partial charge is 0.507 e. The van der Waals surface area contributed by atoms with Crippen LogP contribution in [0.5, 0.6) is 11.5 Å². The number of ether oxygens (including phenoxy) is 1. The Balaban J connectivity index is 2.93. The summed E-state index contributed by atoms with van der Waals surface area (Å²) in [7, 11) is 1.65. The fourth-order valence-electron chi connectivity index (χ4n) is 2.24. The van der Waals surface area contributed by atoms with E-state index in [0.29, 0.717) is 5.75 Å². The molecule has 84 valence electrons. The van der Waals surface area contributed by atoms with Crippen LogP contribution in [0.2, 0.25) is 0 Å². The molecule has 16 heavy (non-hydrogen) atoms. The molecule has 0 saturated carbocycles. The third-order valence-electron chi connectivity index (χ3n) is 3.04. The molecule has 0 heterocycles. The van der Waals surface area contributed by atoms with Gasteiger partial charge in [-0.05, 0) is 24.3 Å². The molecule has 0 atom stereocenters. The van der Waals surface area contributed by atoms with Gasteiger partial charge in [-0.3, -0.25) is 0 Å². The van der Waals surface area contributed by atoms with Gasteiger partial charge >= 0.3 is 0 Å². The monoisotopic (exact) mass is 216 g/mol. The Labute approximate surface area is 95.5 Å². The Morgan fingerprint density at radius 3 is 2.38 bits per heavy atom. The van der Waals surface area contributed by atoms with Crippen molar-refractivity contribution in [1.29, 1.82) is 0 Å². The zero-order valence-electron chi connectivity index (χ0n) is 9.87. The van der Waals surface area contributed by atoms with E-state index in [4.69, 9.17) is 4.74 Å². The van der Waals surface area contributed by atoms with E-state index in [0.717, 1.165) is 34.1 Å². The van der Waals surface area contributed by atoms with E-state index in [-0.39, 0.29) is 0 Å². The van der Waals surface area contributed by atoms with Crippen molar-refractivity contribution in [3.8, 4) is 11.5 Å². The number of benzene rings is 2. The summed E-state index contributed by atoms with van der Waals surface area (Å²) in [6.45, 7) is 4.05. The van der Waals surface area contributed by atoms with Gasteiger partial charge in [0.2, 0.25) is 0 Å². The van der Waals surface area contributed by atoms with Gasteiger partial charge in [0.25, 0.3) is 0 Å². The van der Waals surface area contributed by atoms with Gasteiger partial charge in [-0.1, -0.05) is 31.2 Å². The first-order chi connectivity index (χ1) is 7.70. The van der Waals surface area contributed by atoms with Gasteiger partial charge in [0, 0.05) is 10.9 Å². The highest BCUT2D eigenvalue weighted by atomic mass is 16.5. The second-order valence-corrected chi connectivity index (χ2v) is 3.88. The standard InChI is InChI=1S/C14H16O2/c1-4-10-13(15)12-8-6-5-7-11(12)9(2)14(10)16-3/h5-8,15H,4H2,1-3H3. The molecular weight excluding hydrogens is 200 g/mol. The number of aryl methyl sites for hydroxylation is 1. The average Bonchev–Trinajstić information content (AvgIpc) is 2.33. The lowest BCUT2D eigenvalue weighted by Crippen LogP contribution is -1.96. The summed E-state index contributed by atoms with van der Waals surface area (Å²) in [6.07, 6.45) is 0.765. The van der Waals surface area contributed by atoms with Crippen LogP contribution < -0.4 is 4.74 Å². The average molecular weight is 216 g/mol. The van der Waals surface area contributed by atoms with E-state index in [1.54, 1.807) is 7.11 Å². The summed E-state index contributed by atoms with van der Waals surface area (Å²) in [5, 5.41) is 12.2. The van der Waals surface area contributed by atoms with Crippen LogP contribution in [0.1, 0.15) is 18.1 Å². The summed E-state index contributed by atoms with van der Waals surface area (Å²) in [6, 6.07) is 7.86. The number of rotatable bonds is 2. The van der Waals surface area contributed by atoms with Crippen molar-refractivity contribution in [2.24, 2.45) is 0 Å². The number of aromatic hydroxyl groups is 1. The van der Waals surface area contributed by atoms with Gasteiger partial charge in [-0.15, -0.1) is 0 Å². The molecule has 0 amide bonds. The van der Waals surface area contributed by atoms with Crippen molar-refractivity contribution in [2.75, 3.05) is 7.11 Å². The molecule has 0 fully saturated rings. The molecule has 0 saturated heterocycles. The van der Waals surface area contributed by atoms with Gasteiger partial charge in [-0.25, -0.2) is 0 Å². The maximum absolute atomic E-state index is 10.2. The molecule has 0 aromatic heterocycles. The molecular formula is C14H16O2. The number of methoxy groups -OCH3 is 1. The Bertz CT molecular complexity index is 481. The fraction of sp³-hybridized carbons (Fsp3) is 0.286. The molecule has 0 radical (unpaired) electrons. The molecule has 2 aromatic rings.